The molecule has 3 unspecified atom stereocenters. The van der Waals surface area contributed by atoms with Crippen LogP contribution in [0.1, 0.15) is 402 Å². The predicted octanol–water partition coefficient (Wildman–Crippen LogP) is 24.1. The average molecular weight is 1480 g/mol. The van der Waals surface area contributed by atoms with Crippen molar-refractivity contribution in [3.63, 3.8) is 0 Å². The minimum absolute atomic E-state index is 0.0841. The highest BCUT2D eigenvalue weighted by Crippen LogP contribution is 2.45. The first-order valence-electron chi connectivity index (χ1n) is 41.7. The van der Waals surface area contributed by atoms with Crippen LogP contribution in [0, 0.1) is 17.8 Å². The molecule has 0 aliphatic carbocycles. The molecule has 0 aliphatic rings. The zero-order valence-electron chi connectivity index (χ0n) is 65.9. The van der Waals surface area contributed by atoms with Crippen LogP contribution in [-0.2, 0) is 65.4 Å². The predicted molar refractivity (Wildman–Crippen MR) is 414 cm³/mol. The number of unbranched alkanes of at least 4 members (excludes halogenated alkanes) is 42. The van der Waals surface area contributed by atoms with Crippen LogP contribution >= 0.6 is 15.6 Å². The molecule has 0 radical (unpaired) electrons. The molecule has 0 aromatic carbocycles. The van der Waals surface area contributed by atoms with E-state index >= 15 is 0 Å². The largest absolute Gasteiger partial charge is 0.472 e. The van der Waals surface area contributed by atoms with E-state index in [1.807, 2.05) is 0 Å². The summed E-state index contributed by atoms with van der Waals surface area (Å²) in [6.07, 6.45) is 63.3. The average Bonchev–Trinajstić information content (AvgIpc) is 0.916. The van der Waals surface area contributed by atoms with Crippen molar-refractivity contribution < 1.29 is 80.2 Å². The first-order chi connectivity index (χ1) is 48.8. The van der Waals surface area contributed by atoms with Gasteiger partial charge in [0.15, 0.2) is 12.2 Å². The van der Waals surface area contributed by atoms with Crippen molar-refractivity contribution in [2.45, 2.75) is 420 Å². The second-order valence-electron chi connectivity index (χ2n) is 30.0. The maximum atomic E-state index is 13.1. The molecule has 0 saturated heterocycles. The summed E-state index contributed by atoms with van der Waals surface area (Å²) < 4.78 is 68.7. The maximum Gasteiger partial charge on any atom is 0.472 e. The highest BCUT2D eigenvalue weighted by Gasteiger charge is 2.30. The second-order valence-corrected chi connectivity index (χ2v) is 32.9. The summed E-state index contributed by atoms with van der Waals surface area (Å²) >= 11 is 0. The van der Waals surface area contributed by atoms with E-state index < -0.39 is 97.5 Å². The van der Waals surface area contributed by atoms with E-state index in [2.05, 4.69) is 72.8 Å². The van der Waals surface area contributed by atoms with Crippen LogP contribution in [-0.4, -0.2) is 96.7 Å². The lowest BCUT2D eigenvalue weighted by Crippen LogP contribution is -2.30. The number of carbonyl (C=O) groups excluding carboxylic acids is 4. The summed E-state index contributed by atoms with van der Waals surface area (Å²) in [6, 6.07) is 0. The van der Waals surface area contributed by atoms with Gasteiger partial charge >= 0.3 is 39.5 Å². The van der Waals surface area contributed by atoms with Crippen molar-refractivity contribution in [2.75, 3.05) is 39.6 Å². The smallest absolute Gasteiger partial charge is 0.462 e. The number of allylic oxidation sites excluding steroid dienone is 4. The highest BCUT2D eigenvalue weighted by molar-refractivity contribution is 7.47. The lowest BCUT2D eigenvalue weighted by atomic mass is 10.00. The Morgan fingerprint density at radius 2 is 0.584 bits per heavy atom. The summed E-state index contributed by atoms with van der Waals surface area (Å²) in [5, 5.41) is 10.6. The van der Waals surface area contributed by atoms with Crippen molar-refractivity contribution in [1.29, 1.82) is 0 Å². The molecular weight excluding hydrogens is 1320 g/mol. The summed E-state index contributed by atoms with van der Waals surface area (Å²) in [4.78, 5) is 73.0. The van der Waals surface area contributed by atoms with E-state index in [0.717, 1.165) is 127 Å². The lowest BCUT2D eigenvalue weighted by Gasteiger charge is -2.21. The number of hydrogen-bond acceptors (Lipinski definition) is 15. The molecule has 17 nitrogen and oxygen atoms in total. The first kappa shape index (κ1) is 98.5. The minimum atomic E-state index is -4.97. The van der Waals surface area contributed by atoms with E-state index in [-0.39, 0.29) is 25.7 Å². The summed E-state index contributed by atoms with van der Waals surface area (Å²) in [5.74, 6) is 0.192. The normalized spacial score (nSPS) is 14.4. The molecule has 0 rings (SSSR count). The van der Waals surface area contributed by atoms with Crippen LogP contribution in [0.4, 0.5) is 0 Å². The van der Waals surface area contributed by atoms with Crippen LogP contribution < -0.4 is 0 Å². The van der Waals surface area contributed by atoms with E-state index in [1.54, 1.807) is 0 Å². The van der Waals surface area contributed by atoms with Crippen molar-refractivity contribution >= 4 is 39.5 Å². The summed E-state index contributed by atoms with van der Waals surface area (Å²) in [7, 11) is -9.94. The quantitative estimate of drug-likeness (QED) is 0.0169. The molecule has 19 heteroatoms. The zero-order chi connectivity index (χ0) is 74.4. The van der Waals surface area contributed by atoms with Crippen LogP contribution in [0.25, 0.3) is 0 Å². The molecule has 0 saturated carbocycles. The third-order valence-corrected chi connectivity index (χ3v) is 20.8. The first-order valence-corrected chi connectivity index (χ1v) is 44.7. The molecule has 0 spiro atoms. The van der Waals surface area contributed by atoms with Gasteiger partial charge < -0.3 is 33.8 Å². The Kier molecular flexibility index (Phi) is 70.0. The Morgan fingerprint density at radius 3 is 0.881 bits per heavy atom. The van der Waals surface area contributed by atoms with Gasteiger partial charge in [-0.25, -0.2) is 9.13 Å². The standard InChI is InChI=1S/C82H156O17P2/c1-8-10-11-12-13-14-15-16-19-27-32-37-42-51-58-66-82(87)99-78(70-93-80(85)64-57-50-45-44-48-55-62-75(7)9-2)72-97-101(90,91)95-68-76(83)67-94-100(88,89)96-71-77(69-92-79(84)63-56-49-41-36-31-26-23-22-25-30-35-40-47-54-61-74(5)6)98-81(86)65-59-52-43-38-33-28-21-18-17-20-24-29-34-39-46-53-60-73(3)4/h14-16,19,73-78,83H,8-13,17-18,20-72H2,1-7H3,(H,88,89)(H,90,91)/b15-14-,19-16-/t75?,76-,77-,78-/m1/s1. The van der Waals surface area contributed by atoms with Crippen molar-refractivity contribution in [1.82, 2.24) is 0 Å². The number of carbonyl (C=O) groups is 4. The number of phosphoric acid groups is 2. The van der Waals surface area contributed by atoms with Gasteiger partial charge in [-0.15, -0.1) is 0 Å². The van der Waals surface area contributed by atoms with E-state index in [0.29, 0.717) is 25.7 Å². The summed E-state index contributed by atoms with van der Waals surface area (Å²) in [5.41, 5.74) is 0. The molecule has 0 aromatic rings. The van der Waals surface area contributed by atoms with Crippen LogP contribution in [0.5, 0.6) is 0 Å². The Bertz CT molecular complexity index is 2050. The Hall–Kier alpha value is -2.46. The number of aliphatic hydroxyl groups excluding tert-OH is 1. The van der Waals surface area contributed by atoms with Gasteiger partial charge in [0, 0.05) is 25.7 Å². The van der Waals surface area contributed by atoms with Crippen molar-refractivity contribution in [2.24, 2.45) is 17.8 Å². The zero-order valence-corrected chi connectivity index (χ0v) is 67.6. The van der Waals surface area contributed by atoms with Gasteiger partial charge in [0.25, 0.3) is 0 Å². The van der Waals surface area contributed by atoms with E-state index in [1.165, 1.54) is 193 Å². The lowest BCUT2D eigenvalue weighted by molar-refractivity contribution is -0.161. The second kappa shape index (κ2) is 71.8. The van der Waals surface area contributed by atoms with Crippen LogP contribution in [0.3, 0.4) is 0 Å². The van der Waals surface area contributed by atoms with Crippen LogP contribution in [0.2, 0.25) is 0 Å². The van der Waals surface area contributed by atoms with E-state index in [9.17, 15) is 43.2 Å². The Morgan fingerprint density at radius 1 is 0.327 bits per heavy atom. The molecule has 101 heavy (non-hydrogen) atoms. The number of aliphatic hydroxyl groups is 1. The number of esters is 4. The number of hydrogen-bond donors (Lipinski definition) is 3. The minimum Gasteiger partial charge on any atom is -0.462 e. The van der Waals surface area contributed by atoms with E-state index in [4.69, 9.17) is 37.0 Å². The molecule has 0 heterocycles. The molecule has 0 aliphatic heterocycles. The number of ether oxygens (including phenoxy) is 4. The Balaban J connectivity index is 5.28. The Labute approximate surface area is 618 Å². The molecule has 0 fully saturated rings. The molecule has 0 amide bonds. The maximum absolute atomic E-state index is 13.1. The van der Waals surface area contributed by atoms with Gasteiger partial charge in [-0.1, -0.05) is 349 Å². The fraction of sp³-hybridized carbons (Fsp3) is 0.902. The third kappa shape index (κ3) is 74.2. The van der Waals surface area contributed by atoms with Gasteiger partial charge in [-0.2, -0.15) is 0 Å². The van der Waals surface area contributed by atoms with Gasteiger partial charge in [0.05, 0.1) is 26.4 Å². The molecule has 596 valence electrons. The highest BCUT2D eigenvalue weighted by atomic mass is 31.2. The molecule has 3 N–H and O–H groups in total. The monoisotopic (exact) mass is 1480 g/mol. The number of rotatable bonds is 78. The molecule has 0 aromatic heterocycles. The van der Waals surface area contributed by atoms with Crippen molar-refractivity contribution in [3.8, 4) is 0 Å². The van der Waals surface area contributed by atoms with Gasteiger partial charge in [0.1, 0.15) is 19.3 Å². The number of phosphoric ester groups is 2. The van der Waals surface area contributed by atoms with Gasteiger partial charge in [-0.3, -0.25) is 37.3 Å². The van der Waals surface area contributed by atoms with Gasteiger partial charge in [-0.05, 0) is 69.1 Å². The molecule has 0 bridgehead atoms. The van der Waals surface area contributed by atoms with Crippen LogP contribution in [0.15, 0.2) is 24.3 Å². The molecule has 6 atom stereocenters. The molecular formula is C82H156O17P2. The third-order valence-electron chi connectivity index (χ3n) is 18.9. The topological polar surface area (TPSA) is 237 Å². The summed E-state index contributed by atoms with van der Waals surface area (Å²) in [6.45, 7) is 11.9. The fourth-order valence-corrected chi connectivity index (χ4v) is 13.7. The fourth-order valence-electron chi connectivity index (χ4n) is 12.1. The van der Waals surface area contributed by atoms with Crippen molar-refractivity contribution in [3.05, 3.63) is 24.3 Å². The van der Waals surface area contributed by atoms with Gasteiger partial charge in [0.2, 0.25) is 0 Å². The SMILES string of the molecule is CCCCCC/C=C\C=C/CCCCCCCC(=O)O[C@H](COC(=O)CCCCCCCCC(C)CC)COP(=O)(O)OC[C@H](O)COP(=O)(O)OC[C@@H](COC(=O)CCCCCCCCCCCCCCCCC(C)C)OC(=O)CCCCCCCCCCCCCCCCCCC(C)C.